The molecule has 0 bridgehead atoms. The molecule has 2 nitrogen and oxygen atoms in total. The smallest absolute Gasteiger partial charge is 0.115 e. The van der Waals surface area contributed by atoms with Gasteiger partial charge in [0.15, 0.2) is 0 Å². The summed E-state index contributed by atoms with van der Waals surface area (Å²) in [6.07, 6.45) is 6.63. The minimum absolute atomic E-state index is 0.345. The fraction of sp³-hybridized carbons (Fsp3) is 0.625. The molecule has 0 heterocycles. The molecular weight excluding hydrogens is 222 g/mol. The number of phenolic OH excluding ortho intramolecular Hbond substituents is 1. The summed E-state index contributed by atoms with van der Waals surface area (Å²) < 4.78 is 0. The monoisotopic (exact) mass is 247 g/mol. The van der Waals surface area contributed by atoms with Crippen molar-refractivity contribution in [2.24, 2.45) is 5.92 Å². The molecule has 0 amide bonds. The summed E-state index contributed by atoms with van der Waals surface area (Å²) in [5.41, 5.74) is 1.28. The molecule has 0 aromatic heterocycles. The highest BCUT2D eigenvalue weighted by Crippen LogP contribution is 2.29. The summed E-state index contributed by atoms with van der Waals surface area (Å²) in [4.78, 5) is 0. The van der Waals surface area contributed by atoms with Crippen molar-refractivity contribution in [3.8, 4) is 5.75 Å². The van der Waals surface area contributed by atoms with Crippen LogP contribution in [0, 0.1) is 5.92 Å². The molecule has 0 saturated heterocycles. The predicted octanol–water partition coefficient (Wildman–Crippen LogP) is 4.01. The summed E-state index contributed by atoms with van der Waals surface area (Å²) in [5.74, 6) is 1.19. The van der Waals surface area contributed by atoms with E-state index in [0.29, 0.717) is 17.8 Å². The van der Waals surface area contributed by atoms with Gasteiger partial charge in [0, 0.05) is 12.1 Å². The molecule has 1 fully saturated rings. The molecule has 0 aliphatic heterocycles. The fourth-order valence-electron chi connectivity index (χ4n) is 3.07. The molecule has 18 heavy (non-hydrogen) atoms. The molecule has 1 aromatic rings. The normalized spacial score (nSPS) is 19.9. The second-order valence-corrected chi connectivity index (χ2v) is 5.55. The number of benzene rings is 1. The molecule has 1 saturated carbocycles. The second-order valence-electron chi connectivity index (χ2n) is 5.55. The topological polar surface area (TPSA) is 32.3 Å². The van der Waals surface area contributed by atoms with Gasteiger partial charge >= 0.3 is 0 Å². The van der Waals surface area contributed by atoms with Gasteiger partial charge in [0.1, 0.15) is 5.75 Å². The van der Waals surface area contributed by atoms with Gasteiger partial charge in [-0.1, -0.05) is 31.9 Å². The highest BCUT2D eigenvalue weighted by atomic mass is 16.3. The molecule has 1 aliphatic carbocycles. The minimum atomic E-state index is 0.345. The number of hydrogen-bond donors (Lipinski definition) is 2. The Morgan fingerprint density at radius 3 is 2.39 bits per heavy atom. The molecule has 0 spiro atoms. The molecule has 2 N–H and O–H groups in total. The molecule has 100 valence electrons. The zero-order valence-electron chi connectivity index (χ0n) is 11.5. The van der Waals surface area contributed by atoms with Crippen LogP contribution in [0.1, 0.15) is 57.6 Å². The van der Waals surface area contributed by atoms with Gasteiger partial charge in [0.25, 0.3) is 0 Å². The van der Waals surface area contributed by atoms with E-state index < -0.39 is 0 Å². The third-order valence-electron chi connectivity index (χ3n) is 4.27. The average molecular weight is 247 g/mol. The first-order chi connectivity index (χ1) is 8.70. The molecule has 1 aliphatic rings. The lowest BCUT2D eigenvalue weighted by Gasteiger charge is -2.27. The lowest BCUT2D eigenvalue weighted by molar-refractivity contribution is 0.339. The summed E-state index contributed by atoms with van der Waals surface area (Å²) in [7, 11) is 0. The van der Waals surface area contributed by atoms with Crippen LogP contribution in [0.25, 0.3) is 0 Å². The van der Waals surface area contributed by atoms with Crippen molar-refractivity contribution in [2.75, 3.05) is 0 Å². The molecular formula is C16H25NO. The Bertz CT molecular complexity index is 354. The quantitative estimate of drug-likeness (QED) is 0.824. The largest absolute Gasteiger partial charge is 0.508 e. The first-order valence-corrected chi connectivity index (χ1v) is 7.25. The van der Waals surface area contributed by atoms with Crippen LogP contribution >= 0.6 is 0 Å². The zero-order valence-corrected chi connectivity index (χ0v) is 11.5. The van der Waals surface area contributed by atoms with Crippen molar-refractivity contribution < 1.29 is 5.11 Å². The standard InChI is InChI=1S/C16H25NO/c1-3-16(14-8-10-15(18)11-9-14)17-12(2)13-6-4-5-7-13/h8-13,16-18H,3-7H2,1-2H3. The van der Waals surface area contributed by atoms with E-state index in [9.17, 15) is 5.11 Å². The van der Waals surface area contributed by atoms with Gasteiger partial charge < -0.3 is 10.4 Å². The van der Waals surface area contributed by atoms with Crippen molar-refractivity contribution in [3.63, 3.8) is 0 Å². The van der Waals surface area contributed by atoms with E-state index in [-0.39, 0.29) is 0 Å². The highest BCUT2D eigenvalue weighted by Gasteiger charge is 2.23. The van der Waals surface area contributed by atoms with E-state index in [2.05, 4.69) is 19.2 Å². The number of nitrogens with one attached hydrogen (secondary N) is 1. The molecule has 2 unspecified atom stereocenters. The maximum atomic E-state index is 9.35. The summed E-state index contributed by atoms with van der Waals surface area (Å²) in [5, 5.41) is 13.1. The zero-order chi connectivity index (χ0) is 13.0. The minimum Gasteiger partial charge on any atom is -0.508 e. The molecule has 2 heteroatoms. The van der Waals surface area contributed by atoms with Crippen molar-refractivity contribution in [2.45, 2.75) is 58.0 Å². The van der Waals surface area contributed by atoms with Crippen molar-refractivity contribution >= 4 is 0 Å². The summed E-state index contributed by atoms with van der Waals surface area (Å²) in [6, 6.07) is 8.60. The van der Waals surface area contributed by atoms with Gasteiger partial charge in [0.2, 0.25) is 0 Å². The summed E-state index contributed by atoms with van der Waals surface area (Å²) >= 11 is 0. The SMILES string of the molecule is CCC(NC(C)C1CCCC1)c1ccc(O)cc1. The number of phenols is 1. The van der Waals surface area contributed by atoms with Crippen molar-refractivity contribution in [3.05, 3.63) is 29.8 Å². The summed E-state index contributed by atoms with van der Waals surface area (Å²) in [6.45, 7) is 4.53. The average Bonchev–Trinajstić information content (AvgIpc) is 2.91. The molecule has 2 atom stereocenters. The predicted molar refractivity (Wildman–Crippen MR) is 75.7 cm³/mol. The van der Waals surface area contributed by atoms with Gasteiger partial charge in [-0.05, 0) is 49.8 Å². The van der Waals surface area contributed by atoms with E-state index in [1.807, 2.05) is 12.1 Å². The highest BCUT2D eigenvalue weighted by molar-refractivity contribution is 5.28. The van der Waals surface area contributed by atoms with Crippen LogP contribution in [-0.4, -0.2) is 11.1 Å². The third kappa shape index (κ3) is 3.26. The van der Waals surface area contributed by atoms with Crippen LogP contribution in [0.3, 0.4) is 0 Å². The molecule has 2 rings (SSSR count). The molecule has 1 aromatic carbocycles. The number of hydrogen-bond acceptors (Lipinski definition) is 2. The van der Waals surface area contributed by atoms with Crippen molar-refractivity contribution in [1.29, 1.82) is 0 Å². The Morgan fingerprint density at radius 1 is 1.22 bits per heavy atom. The number of rotatable bonds is 5. The lowest BCUT2D eigenvalue weighted by atomic mass is 9.96. The Hall–Kier alpha value is -1.02. The first kappa shape index (κ1) is 13.4. The van der Waals surface area contributed by atoms with Crippen molar-refractivity contribution in [1.82, 2.24) is 5.32 Å². The Kier molecular flexibility index (Phi) is 4.65. The van der Waals surface area contributed by atoms with E-state index >= 15 is 0 Å². The Morgan fingerprint density at radius 2 is 1.83 bits per heavy atom. The van der Waals surface area contributed by atoms with Gasteiger partial charge in [0.05, 0.1) is 0 Å². The number of aromatic hydroxyl groups is 1. The second kappa shape index (κ2) is 6.24. The fourth-order valence-corrected chi connectivity index (χ4v) is 3.07. The van der Waals surface area contributed by atoms with Gasteiger partial charge in [-0.2, -0.15) is 0 Å². The van der Waals surface area contributed by atoms with E-state index in [0.717, 1.165) is 12.3 Å². The van der Waals surface area contributed by atoms with Gasteiger partial charge in [-0.25, -0.2) is 0 Å². The van der Waals surface area contributed by atoms with Crippen LogP contribution in [-0.2, 0) is 0 Å². The Labute approximate surface area is 110 Å². The van der Waals surface area contributed by atoms with Gasteiger partial charge in [-0.3, -0.25) is 0 Å². The van der Waals surface area contributed by atoms with Crippen LogP contribution in [0.15, 0.2) is 24.3 Å². The van der Waals surface area contributed by atoms with E-state index in [1.54, 1.807) is 12.1 Å². The Balaban J connectivity index is 1.97. The van der Waals surface area contributed by atoms with Crippen LogP contribution in [0.4, 0.5) is 0 Å². The maximum Gasteiger partial charge on any atom is 0.115 e. The molecule has 0 radical (unpaired) electrons. The third-order valence-corrected chi connectivity index (χ3v) is 4.27. The van der Waals surface area contributed by atoms with E-state index in [1.165, 1.54) is 31.2 Å². The first-order valence-electron chi connectivity index (χ1n) is 7.25. The lowest BCUT2D eigenvalue weighted by Crippen LogP contribution is -2.35. The van der Waals surface area contributed by atoms with Gasteiger partial charge in [-0.15, -0.1) is 0 Å². The maximum absolute atomic E-state index is 9.35. The van der Waals surface area contributed by atoms with Crippen LogP contribution in [0.5, 0.6) is 5.75 Å². The van der Waals surface area contributed by atoms with E-state index in [4.69, 9.17) is 0 Å². The van der Waals surface area contributed by atoms with Crippen LogP contribution in [0.2, 0.25) is 0 Å². The van der Waals surface area contributed by atoms with Crippen LogP contribution < -0.4 is 5.32 Å².